The Bertz CT molecular complexity index is 937. The zero-order chi connectivity index (χ0) is 25.9. The zero-order valence-corrected chi connectivity index (χ0v) is 21.5. The maximum atomic E-state index is 13.2. The maximum absolute atomic E-state index is 13.2. The molecule has 36 heavy (non-hydrogen) atoms. The highest BCUT2D eigenvalue weighted by Gasteiger charge is 2.57. The molecule has 1 atom stereocenters. The Hall–Kier alpha value is -2.49. The van der Waals surface area contributed by atoms with E-state index in [-0.39, 0.29) is 12.6 Å². The van der Waals surface area contributed by atoms with Crippen LogP contribution in [0.15, 0.2) is 48.5 Å². The summed E-state index contributed by atoms with van der Waals surface area (Å²) in [6.07, 6.45) is 0. The lowest BCUT2D eigenvalue weighted by Crippen LogP contribution is -2.46. The van der Waals surface area contributed by atoms with Gasteiger partial charge in [0.15, 0.2) is 0 Å². The molecule has 8 nitrogen and oxygen atoms in total. The minimum absolute atomic E-state index is 0.0198. The van der Waals surface area contributed by atoms with Crippen molar-refractivity contribution < 1.29 is 38.3 Å². The van der Waals surface area contributed by atoms with Gasteiger partial charge >= 0.3 is 5.97 Å². The van der Waals surface area contributed by atoms with E-state index < -0.39 is 10.8 Å². The number of carbonyl (C=O) groups excluding carboxylic acids is 1. The van der Waals surface area contributed by atoms with Crippen LogP contribution in [0.4, 0.5) is 0 Å². The molecule has 0 amide bonds. The topological polar surface area (TPSA) is 92.7 Å². The summed E-state index contributed by atoms with van der Waals surface area (Å²) in [5.74, 6) is 1.08. The molecule has 1 N–H and O–H groups in total. The van der Waals surface area contributed by atoms with Gasteiger partial charge in [-0.15, -0.1) is 0 Å². The number of aliphatic hydroxyl groups excluding tert-OH is 1. The summed E-state index contributed by atoms with van der Waals surface area (Å²) in [5.41, 5.74) is 0.498. The van der Waals surface area contributed by atoms with E-state index in [1.54, 1.807) is 0 Å². The van der Waals surface area contributed by atoms with Crippen molar-refractivity contribution in [2.45, 2.75) is 26.2 Å². The van der Waals surface area contributed by atoms with Crippen LogP contribution in [0.1, 0.15) is 31.9 Å². The molecule has 1 heterocycles. The van der Waals surface area contributed by atoms with Crippen LogP contribution < -0.4 is 9.47 Å². The first-order valence-corrected chi connectivity index (χ1v) is 12.4. The van der Waals surface area contributed by atoms with E-state index in [2.05, 4.69) is 20.8 Å². The van der Waals surface area contributed by atoms with Crippen molar-refractivity contribution in [3.63, 3.8) is 0 Å². The van der Waals surface area contributed by atoms with E-state index in [1.807, 2.05) is 48.5 Å². The van der Waals surface area contributed by atoms with Gasteiger partial charge in [0.2, 0.25) is 0 Å². The predicted octanol–water partition coefficient (Wildman–Crippen LogP) is 3.38. The Kier molecular flexibility index (Phi) is 10.7. The molecular weight excluding hydrogens is 464 g/mol. The van der Waals surface area contributed by atoms with Gasteiger partial charge in [-0.05, 0) is 29.2 Å². The first-order chi connectivity index (χ1) is 17.4. The quantitative estimate of drug-likeness (QED) is 0.212. The second-order valence-electron chi connectivity index (χ2n) is 9.43. The van der Waals surface area contributed by atoms with E-state index in [4.69, 9.17) is 33.5 Å². The van der Waals surface area contributed by atoms with E-state index in [0.717, 1.165) is 11.1 Å². The molecule has 3 rings (SSSR count). The summed E-state index contributed by atoms with van der Waals surface area (Å²) in [6, 6.07) is 15.3. The number of esters is 1. The Morgan fingerprint density at radius 1 is 0.750 bits per heavy atom. The van der Waals surface area contributed by atoms with Crippen molar-refractivity contribution in [2.75, 3.05) is 66.1 Å². The number of benzene rings is 2. The molecule has 8 heteroatoms. The molecule has 0 radical (unpaired) electrons. The Morgan fingerprint density at radius 3 is 1.83 bits per heavy atom. The highest BCUT2D eigenvalue weighted by Crippen LogP contribution is 2.54. The molecule has 1 unspecified atom stereocenters. The molecule has 1 aliphatic heterocycles. The number of hydrogen-bond acceptors (Lipinski definition) is 8. The van der Waals surface area contributed by atoms with Crippen LogP contribution in [0.2, 0.25) is 0 Å². The molecule has 0 fully saturated rings. The molecule has 198 valence electrons. The number of aliphatic hydroxyl groups is 1. The summed E-state index contributed by atoms with van der Waals surface area (Å²) < 4.78 is 32.9. The highest BCUT2D eigenvalue weighted by atomic mass is 16.6. The number of hydrogen-bond donors (Lipinski definition) is 1. The van der Waals surface area contributed by atoms with Gasteiger partial charge in [-0.1, -0.05) is 51.1 Å². The second kappa shape index (κ2) is 13.7. The molecule has 0 aromatic heterocycles. The third kappa shape index (κ3) is 6.83. The van der Waals surface area contributed by atoms with Gasteiger partial charge in [0.25, 0.3) is 0 Å². The standard InChI is InChI=1S/C28H38O8/c1-27(2,3)28(24-6-4-5-7-25(24)36-26(28)30)22-8-10-23(11-9-22)35-21-20-34-19-18-33-17-16-32-15-14-31-13-12-29/h4-11,29H,12-21H2,1-3H3. The minimum Gasteiger partial charge on any atom is -0.491 e. The summed E-state index contributed by atoms with van der Waals surface area (Å²) in [6.45, 7) is 10.2. The van der Waals surface area contributed by atoms with Gasteiger partial charge in [0.1, 0.15) is 23.5 Å². The van der Waals surface area contributed by atoms with Crippen molar-refractivity contribution in [3.05, 3.63) is 59.7 Å². The first kappa shape index (κ1) is 28.1. The number of carbonyl (C=O) groups is 1. The van der Waals surface area contributed by atoms with Gasteiger partial charge in [-0.2, -0.15) is 0 Å². The van der Waals surface area contributed by atoms with Crippen LogP contribution in [0.3, 0.4) is 0 Å². The van der Waals surface area contributed by atoms with Crippen LogP contribution in [-0.2, 0) is 29.2 Å². The lowest BCUT2D eigenvalue weighted by atomic mass is 9.60. The highest BCUT2D eigenvalue weighted by molar-refractivity contribution is 5.95. The van der Waals surface area contributed by atoms with Crippen LogP contribution >= 0.6 is 0 Å². The molecule has 1 aliphatic rings. The molecule has 0 saturated heterocycles. The van der Waals surface area contributed by atoms with Crippen LogP contribution in [0.25, 0.3) is 0 Å². The van der Waals surface area contributed by atoms with E-state index in [9.17, 15) is 4.79 Å². The van der Waals surface area contributed by atoms with Crippen molar-refractivity contribution in [1.82, 2.24) is 0 Å². The van der Waals surface area contributed by atoms with E-state index in [1.165, 1.54) is 0 Å². The van der Waals surface area contributed by atoms with Gasteiger partial charge < -0.3 is 33.5 Å². The van der Waals surface area contributed by atoms with Crippen molar-refractivity contribution in [1.29, 1.82) is 0 Å². The largest absolute Gasteiger partial charge is 0.491 e. The van der Waals surface area contributed by atoms with E-state index in [0.29, 0.717) is 71.0 Å². The fourth-order valence-corrected chi connectivity index (χ4v) is 4.41. The Morgan fingerprint density at radius 2 is 1.28 bits per heavy atom. The third-order valence-corrected chi connectivity index (χ3v) is 6.06. The smallest absolute Gasteiger partial charge is 0.327 e. The zero-order valence-electron chi connectivity index (χ0n) is 21.5. The van der Waals surface area contributed by atoms with Crippen LogP contribution in [0.5, 0.6) is 11.5 Å². The molecule has 0 bridgehead atoms. The molecule has 0 spiro atoms. The lowest BCUT2D eigenvalue weighted by Gasteiger charge is -2.39. The summed E-state index contributed by atoms with van der Waals surface area (Å²) in [7, 11) is 0. The van der Waals surface area contributed by atoms with E-state index >= 15 is 0 Å². The van der Waals surface area contributed by atoms with Crippen molar-refractivity contribution >= 4 is 5.97 Å². The normalized spacial score (nSPS) is 17.2. The molecular formula is C28H38O8. The average molecular weight is 503 g/mol. The monoisotopic (exact) mass is 502 g/mol. The second-order valence-corrected chi connectivity index (χ2v) is 9.43. The third-order valence-electron chi connectivity index (χ3n) is 6.06. The number of para-hydroxylation sites is 1. The van der Waals surface area contributed by atoms with Crippen LogP contribution in [-0.4, -0.2) is 77.1 Å². The first-order valence-electron chi connectivity index (χ1n) is 12.4. The van der Waals surface area contributed by atoms with Crippen molar-refractivity contribution in [3.8, 4) is 11.5 Å². The maximum Gasteiger partial charge on any atom is 0.327 e. The Labute approximate surface area is 213 Å². The number of fused-ring (bicyclic) bond motifs is 1. The molecule has 2 aromatic rings. The van der Waals surface area contributed by atoms with Crippen molar-refractivity contribution in [2.24, 2.45) is 5.41 Å². The molecule has 0 saturated carbocycles. The number of ether oxygens (including phenoxy) is 6. The summed E-state index contributed by atoms with van der Waals surface area (Å²) >= 11 is 0. The lowest BCUT2D eigenvalue weighted by molar-refractivity contribution is -0.140. The summed E-state index contributed by atoms with van der Waals surface area (Å²) in [4.78, 5) is 13.2. The SMILES string of the molecule is CC(C)(C)C1(c2ccc(OCCOCCOCCOCCOCCO)cc2)C(=O)Oc2ccccc21. The van der Waals surface area contributed by atoms with Gasteiger partial charge in [-0.25, -0.2) is 0 Å². The number of rotatable bonds is 16. The minimum atomic E-state index is -0.885. The van der Waals surface area contributed by atoms with Gasteiger partial charge in [0.05, 0.1) is 59.5 Å². The summed E-state index contributed by atoms with van der Waals surface area (Å²) in [5, 5.41) is 8.60. The molecule has 2 aromatic carbocycles. The Balaban J connectivity index is 1.39. The fraction of sp³-hybridized carbons (Fsp3) is 0.536. The predicted molar refractivity (Wildman–Crippen MR) is 135 cm³/mol. The molecule has 0 aliphatic carbocycles. The van der Waals surface area contributed by atoms with Gasteiger partial charge in [-0.3, -0.25) is 4.79 Å². The van der Waals surface area contributed by atoms with Crippen LogP contribution in [0, 0.1) is 5.41 Å². The van der Waals surface area contributed by atoms with Gasteiger partial charge in [0, 0.05) is 5.56 Å². The average Bonchev–Trinajstić information content (AvgIpc) is 3.17. The fourth-order valence-electron chi connectivity index (χ4n) is 4.41.